The smallest absolute Gasteiger partial charge is 0.214 e. The van der Waals surface area contributed by atoms with Crippen LogP contribution in [0.2, 0.25) is 36.8 Å². The van der Waals surface area contributed by atoms with Gasteiger partial charge in [0.15, 0.2) is 0 Å². The molecule has 8 heteroatoms. The van der Waals surface area contributed by atoms with E-state index in [0.29, 0.717) is 8.12 Å². The third-order valence-electron chi connectivity index (χ3n) is 8.59. The zero-order valence-electron chi connectivity index (χ0n) is 27.8. The number of benzene rings is 2. The third kappa shape index (κ3) is 12.6. The molecule has 6 aromatic rings. The van der Waals surface area contributed by atoms with E-state index in [1.165, 1.54) is 10.4 Å². The largest absolute Gasteiger partial charge is 2.00 e. The van der Waals surface area contributed by atoms with Crippen LogP contribution in [0, 0.1) is 0 Å². The van der Waals surface area contributed by atoms with Crippen LogP contribution in [0.1, 0.15) is 0 Å². The maximum atomic E-state index is 17.8. The molecule has 6 rings (SSSR count). The van der Waals surface area contributed by atoms with E-state index in [1.807, 2.05) is 121 Å². The molecule has 0 aliphatic carbocycles. The second-order valence-electron chi connectivity index (χ2n) is 13.2. The van der Waals surface area contributed by atoms with E-state index < -0.39 is 54.0 Å². The summed E-state index contributed by atoms with van der Waals surface area (Å²) in [5.41, 5.74) is 0. The zero-order chi connectivity index (χ0) is 32.2. The molecular weight excluding hydrogens is 912 g/mol. The van der Waals surface area contributed by atoms with Gasteiger partial charge in [0.25, 0.3) is 0 Å². The fraction of sp³-hybridized carbons (Fsp3) is 0.179. The summed E-state index contributed by atoms with van der Waals surface area (Å²) < 4.78 is 38.7. The molecule has 0 amide bonds. The summed E-state index contributed by atoms with van der Waals surface area (Å²) in [5, 5.41) is 2.58. The molecule has 0 radical (unpaired) electrons. The van der Waals surface area contributed by atoms with E-state index >= 15 is 5.73 Å². The molecule has 0 aromatic heterocycles. The molecule has 0 fully saturated rings. The first kappa shape index (κ1) is 41.9. The summed E-state index contributed by atoms with van der Waals surface area (Å²) in [4.78, 5) is 0. The summed E-state index contributed by atoms with van der Waals surface area (Å²) in [6.45, 7) is 9.10. The van der Waals surface area contributed by atoms with Crippen molar-refractivity contribution >= 4 is 71.6 Å². The van der Waals surface area contributed by atoms with Gasteiger partial charge in [-0.25, -0.2) is 24.3 Å². The number of hydrogen-bond donors (Lipinski definition) is 0. The van der Waals surface area contributed by atoms with E-state index in [1.54, 1.807) is 0 Å². The molecule has 2 unspecified atom stereocenters. The van der Waals surface area contributed by atoms with Crippen molar-refractivity contribution in [1.29, 1.82) is 0 Å². The number of rotatable bonds is 10. The molecule has 0 bridgehead atoms. The fourth-order valence-electron chi connectivity index (χ4n) is 6.35. The van der Waals surface area contributed by atoms with Crippen LogP contribution >= 0.6 is 0 Å². The van der Waals surface area contributed by atoms with Gasteiger partial charge in [-0.1, -0.05) is 0 Å². The molecule has 0 aliphatic heterocycles. The van der Waals surface area contributed by atoms with Crippen molar-refractivity contribution in [3.63, 3.8) is 0 Å². The summed E-state index contributed by atoms with van der Waals surface area (Å²) in [7, 11) is -4.12. The van der Waals surface area contributed by atoms with Crippen molar-refractivity contribution < 1.29 is 39.9 Å². The fourth-order valence-corrected chi connectivity index (χ4v) is 92.9. The summed E-state index contributed by atoms with van der Waals surface area (Å²) in [5.74, 6) is 0. The predicted octanol–water partition coefficient (Wildman–Crippen LogP) is 8.72. The molecule has 0 nitrogen and oxygen atoms in total. The Hall–Kier alpha value is -1.23. The SMILES string of the molecule is C[Si](C)([CH2][Sn]([F])([CH2][Sn]([F])([CH2][Si](C)(C)[c-]1cccc1)[c]1ccccc1)[c]1ccccc1)[c-]1cccc1.[Fe+2].[Fe+2].c1cc[cH-]c1.c1cc[cH-]c1. The topological polar surface area (TPSA) is 0 Å². The number of hydrogen-bond acceptors (Lipinski definition) is 0. The first-order valence-electron chi connectivity index (χ1n) is 15.8. The standard InChI is InChI=1S/2C8H12Si.2C6H5.2C5H5.CH2.2FH.2Fe.2Sn/c2*1-9(2,3)8-6-4-5-7-8;2*1-2-4-6-5-3-1;2*1-2-4-5-3-1;;;;;;;/h2*4-7H,1H2,2-3H3;2*1-5H;2*1-5H;1H2;2*1H;;;;/q2*-1;;;2*-1;;;;2*+2;2*+1/p-2. The van der Waals surface area contributed by atoms with Crippen LogP contribution in [0.3, 0.4) is 0 Å². The Morgan fingerprint density at radius 3 is 1.04 bits per heavy atom. The molecule has 0 heterocycles. The molecule has 0 spiro atoms. The van der Waals surface area contributed by atoms with Crippen molar-refractivity contribution in [2.75, 3.05) is 0 Å². The van der Waals surface area contributed by atoms with E-state index in [2.05, 4.69) is 74.7 Å². The minimum atomic E-state index is -4.61. The summed E-state index contributed by atoms with van der Waals surface area (Å²) >= 11 is -9.21. The van der Waals surface area contributed by atoms with Gasteiger partial charge in [-0.05, 0) is 0 Å². The van der Waals surface area contributed by atoms with Gasteiger partial charge in [0.1, 0.15) is 0 Å². The van der Waals surface area contributed by atoms with Crippen LogP contribution in [0.4, 0.5) is 5.73 Å². The van der Waals surface area contributed by atoms with Gasteiger partial charge >= 0.3 is 257 Å². The van der Waals surface area contributed by atoms with Crippen LogP contribution in [0.5, 0.6) is 0 Å². The zero-order valence-corrected chi connectivity index (χ0v) is 37.7. The van der Waals surface area contributed by atoms with Crippen LogP contribution in [-0.2, 0) is 34.1 Å². The molecule has 47 heavy (non-hydrogen) atoms. The first-order valence-corrected chi connectivity index (χ1v) is 35.3. The van der Waals surface area contributed by atoms with Gasteiger partial charge in [0, 0.05) is 0 Å². The van der Waals surface area contributed by atoms with E-state index in [9.17, 15) is 0 Å². The Morgan fingerprint density at radius 1 is 0.489 bits per heavy atom. The maximum Gasteiger partial charge on any atom is 2.00 e. The van der Waals surface area contributed by atoms with Crippen LogP contribution < -0.4 is 17.5 Å². The second kappa shape index (κ2) is 19.8. The van der Waals surface area contributed by atoms with Crippen molar-refractivity contribution in [2.24, 2.45) is 0 Å². The first-order chi connectivity index (χ1) is 21.5. The normalized spacial score (nSPS) is 13.6. The molecule has 0 N–H and O–H groups in total. The average Bonchev–Trinajstić information content (AvgIpc) is 3.87. The minimum absolute atomic E-state index is 0. The van der Waals surface area contributed by atoms with E-state index in [-0.39, 0.29) is 36.6 Å². The molecular formula is C39H46F2Fe2Si2Sn2. The Balaban J connectivity index is 0.000000545. The summed E-state index contributed by atoms with van der Waals surface area (Å²) in [6, 6.07) is 56.3. The Labute approximate surface area is 314 Å². The van der Waals surface area contributed by atoms with Gasteiger partial charge in [0.05, 0.1) is 0 Å². The van der Waals surface area contributed by atoms with Crippen molar-refractivity contribution in [3.8, 4) is 0 Å². The Kier molecular flexibility index (Phi) is 17.7. The average molecular weight is 958 g/mol. The van der Waals surface area contributed by atoms with Crippen LogP contribution in [0.15, 0.2) is 170 Å². The van der Waals surface area contributed by atoms with Gasteiger partial charge in [-0.15, -0.1) is 0 Å². The predicted molar refractivity (Wildman–Crippen MR) is 203 cm³/mol. The van der Waals surface area contributed by atoms with Gasteiger partial charge in [-0.2, -0.15) is 36.4 Å². The monoisotopic (exact) mass is 960 g/mol. The minimum Gasteiger partial charge on any atom is -0.214 e. The third-order valence-corrected chi connectivity index (χ3v) is 72.5. The quantitative estimate of drug-likeness (QED) is 0.0954. The molecule has 0 aliphatic rings. The van der Waals surface area contributed by atoms with Gasteiger partial charge < -0.3 is 0 Å². The molecule has 6 aromatic carbocycles. The van der Waals surface area contributed by atoms with Crippen molar-refractivity contribution in [1.82, 2.24) is 0 Å². The van der Waals surface area contributed by atoms with Crippen molar-refractivity contribution in [2.45, 2.75) is 36.8 Å². The van der Waals surface area contributed by atoms with Crippen LogP contribution in [0.25, 0.3) is 0 Å². The van der Waals surface area contributed by atoms with Gasteiger partial charge in [0.2, 0.25) is 0 Å². The molecule has 0 saturated heterocycles. The Bertz CT molecular complexity index is 1430. The molecule has 248 valence electrons. The van der Waals surface area contributed by atoms with E-state index in [4.69, 9.17) is 0 Å². The van der Waals surface area contributed by atoms with Crippen molar-refractivity contribution in [3.05, 3.63) is 170 Å². The van der Waals surface area contributed by atoms with E-state index in [0.717, 1.165) is 7.16 Å². The number of halogens is 2. The van der Waals surface area contributed by atoms with Gasteiger partial charge in [-0.3, -0.25) is 0 Å². The summed E-state index contributed by atoms with van der Waals surface area (Å²) in [6.07, 6.45) is 0. The van der Waals surface area contributed by atoms with Crippen LogP contribution in [-0.4, -0.2) is 54.0 Å². The molecule has 2 atom stereocenters. The Morgan fingerprint density at radius 2 is 0.787 bits per heavy atom. The molecule has 0 saturated carbocycles. The maximum absolute atomic E-state index is 17.8. The second-order valence-corrected chi connectivity index (χ2v) is 50.8.